The van der Waals surface area contributed by atoms with Crippen LogP contribution in [0.3, 0.4) is 0 Å². The summed E-state index contributed by atoms with van der Waals surface area (Å²) >= 11 is 3.26. The maximum absolute atomic E-state index is 13.5. The van der Waals surface area contributed by atoms with Crippen LogP contribution in [0.1, 0.15) is 25.8 Å². The Morgan fingerprint density at radius 3 is 2.76 bits per heavy atom. The topological polar surface area (TPSA) is 43.1 Å². The van der Waals surface area contributed by atoms with Gasteiger partial charge >= 0.3 is 0 Å². The first kappa shape index (κ1) is 14.3. The summed E-state index contributed by atoms with van der Waals surface area (Å²) in [6.45, 7) is 3.91. The lowest BCUT2D eigenvalue weighted by Crippen LogP contribution is -2.37. The molecule has 2 unspecified atom stereocenters. The fourth-order valence-corrected chi connectivity index (χ4v) is 1.96. The molecule has 0 aliphatic rings. The van der Waals surface area contributed by atoms with Gasteiger partial charge in [-0.3, -0.25) is 4.79 Å². The summed E-state index contributed by atoms with van der Waals surface area (Å²) in [4.78, 5) is 11.9. The normalized spacial score (nSPS) is 14.4. The molecule has 2 nitrogen and oxygen atoms in total. The van der Waals surface area contributed by atoms with Crippen molar-refractivity contribution in [3.63, 3.8) is 0 Å². The first-order valence-corrected chi connectivity index (χ1v) is 6.47. The molecule has 2 N–H and O–H groups in total. The van der Waals surface area contributed by atoms with Gasteiger partial charge in [-0.05, 0) is 29.7 Å². The molecule has 0 radical (unpaired) electrons. The summed E-state index contributed by atoms with van der Waals surface area (Å²) in [5.74, 6) is -0.355. The predicted octanol–water partition coefficient (Wildman–Crippen LogP) is 3.07. The Balaban J connectivity index is 2.77. The number of Topliss-reactive ketones (excluding diaryl/α,β-unsaturated/α-hetero) is 1. The van der Waals surface area contributed by atoms with Crippen molar-refractivity contribution in [1.82, 2.24) is 0 Å². The molecule has 0 aliphatic carbocycles. The Hall–Kier alpha value is -0.740. The highest BCUT2D eigenvalue weighted by Gasteiger charge is 2.20. The van der Waals surface area contributed by atoms with Gasteiger partial charge in [0.1, 0.15) is 5.82 Å². The molecule has 1 aromatic rings. The number of hydrogen-bond donors (Lipinski definition) is 1. The predicted molar refractivity (Wildman–Crippen MR) is 70.2 cm³/mol. The molecule has 0 aliphatic heterocycles. The first-order chi connectivity index (χ1) is 7.95. The second kappa shape index (κ2) is 6.26. The van der Waals surface area contributed by atoms with Crippen molar-refractivity contribution in [1.29, 1.82) is 0 Å². The van der Waals surface area contributed by atoms with E-state index in [2.05, 4.69) is 15.9 Å². The zero-order valence-corrected chi connectivity index (χ0v) is 11.6. The molecule has 4 heteroatoms. The lowest BCUT2D eigenvalue weighted by Gasteiger charge is -2.17. The second-order valence-electron chi connectivity index (χ2n) is 4.29. The molecule has 0 amide bonds. The minimum atomic E-state index is -0.515. The summed E-state index contributed by atoms with van der Waals surface area (Å²) in [6.07, 6.45) is 0.894. The van der Waals surface area contributed by atoms with Gasteiger partial charge in [0.2, 0.25) is 0 Å². The molecule has 1 rings (SSSR count). The lowest BCUT2D eigenvalue weighted by atomic mass is 9.93. The summed E-state index contributed by atoms with van der Waals surface area (Å²) in [7, 11) is 0. The van der Waals surface area contributed by atoms with Crippen LogP contribution < -0.4 is 5.73 Å². The zero-order valence-electron chi connectivity index (χ0n) is 10.0. The van der Waals surface area contributed by atoms with Crippen LogP contribution in [0.2, 0.25) is 0 Å². The molecule has 0 spiro atoms. The van der Waals surface area contributed by atoms with Gasteiger partial charge in [0, 0.05) is 10.9 Å². The van der Waals surface area contributed by atoms with Crippen LogP contribution >= 0.6 is 15.9 Å². The average molecular weight is 302 g/mol. The van der Waals surface area contributed by atoms with E-state index in [1.165, 1.54) is 6.07 Å². The molecular formula is C13H17BrFNO. The van der Waals surface area contributed by atoms with E-state index in [9.17, 15) is 9.18 Å². The third-order valence-corrected chi connectivity index (χ3v) is 3.49. The van der Waals surface area contributed by atoms with Gasteiger partial charge in [-0.1, -0.05) is 36.2 Å². The van der Waals surface area contributed by atoms with Crippen molar-refractivity contribution >= 4 is 21.7 Å². The number of hydrogen-bond acceptors (Lipinski definition) is 2. The molecule has 17 heavy (non-hydrogen) atoms. The van der Waals surface area contributed by atoms with E-state index in [-0.39, 0.29) is 23.9 Å². The largest absolute Gasteiger partial charge is 0.321 e. The minimum Gasteiger partial charge on any atom is -0.321 e. The van der Waals surface area contributed by atoms with E-state index in [1.807, 2.05) is 13.8 Å². The number of rotatable bonds is 5. The Labute approximate surface area is 110 Å². The van der Waals surface area contributed by atoms with Crippen LogP contribution in [-0.2, 0) is 11.2 Å². The molecule has 0 aromatic heterocycles. The van der Waals surface area contributed by atoms with Crippen LogP contribution in [0.25, 0.3) is 0 Å². The summed E-state index contributed by atoms with van der Waals surface area (Å²) in [6, 6.07) is 4.06. The first-order valence-electron chi connectivity index (χ1n) is 5.68. The van der Waals surface area contributed by atoms with Crippen molar-refractivity contribution in [2.45, 2.75) is 32.7 Å². The van der Waals surface area contributed by atoms with E-state index in [0.717, 1.165) is 10.9 Å². The van der Waals surface area contributed by atoms with E-state index in [0.29, 0.717) is 5.56 Å². The van der Waals surface area contributed by atoms with Crippen LogP contribution in [0.5, 0.6) is 0 Å². The highest BCUT2D eigenvalue weighted by atomic mass is 79.9. The van der Waals surface area contributed by atoms with Crippen LogP contribution in [0, 0.1) is 11.7 Å². The average Bonchev–Trinajstić information content (AvgIpc) is 2.31. The van der Waals surface area contributed by atoms with Gasteiger partial charge in [0.25, 0.3) is 0 Å². The van der Waals surface area contributed by atoms with Gasteiger partial charge < -0.3 is 5.73 Å². The van der Waals surface area contributed by atoms with Crippen molar-refractivity contribution in [2.24, 2.45) is 11.7 Å². The smallest absolute Gasteiger partial charge is 0.154 e. The van der Waals surface area contributed by atoms with Gasteiger partial charge in [-0.25, -0.2) is 4.39 Å². The molecule has 0 fully saturated rings. The molecule has 1 aromatic carbocycles. The van der Waals surface area contributed by atoms with Crippen molar-refractivity contribution in [3.05, 3.63) is 34.1 Å². The number of ketones is 1. The Kier molecular flexibility index (Phi) is 5.28. The maximum Gasteiger partial charge on any atom is 0.154 e. The van der Waals surface area contributed by atoms with E-state index in [1.54, 1.807) is 12.1 Å². The lowest BCUT2D eigenvalue weighted by molar-refractivity contribution is -0.120. The SMILES string of the molecule is CCC(C)C(N)C(=O)Cc1cc(Br)ccc1F. The molecule has 2 atom stereocenters. The van der Waals surface area contributed by atoms with E-state index >= 15 is 0 Å². The fourth-order valence-electron chi connectivity index (χ4n) is 1.56. The molecule has 0 saturated carbocycles. The van der Waals surface area contributed by atoms with Gasteiger partial charge in [-0.15, -0.1) is 0 Å². The zero-order chi connectivity index (χ0) is 13.0. The quantitative estimate of drug-likeness (QED) is 0.908. The monoisotopic (exact) mass is 301 g/mol. The number of benzene rings is 1. The number of carbonyl (C=O) groups excluding carboxylic acids is 1. The van der Waals surface area contributed by atoms with E-state index in [4.69, 9.17) is 5.73 Å². The van der Waals surface area contributed by atoms with Gasteiger partial charge in [0.15, 0.2) is 5.78 Å². The minimum absolute atomic E-state index is 0.0524. The van der Waals surface area contributed by atoms with Crippen molar-refractivity contribution < 1.29 is 9.18 Å². The van der Waals surface area contributed by atoms with Gasteiger partial charge in [-0.2, -0.15) is 0 Å². The Morgan fingerprint density at radius 1 is 1.53 bits per heavy atom. The summed E-state index contributed by atoms with van der Waals surface area (Å²) < 4.78 is 14.2. The fraction of sp³-hybridized carbons (Fsp3) is 0.462. The highest BCUT2D eigenvalue weighted by Crippen LogP contribution is 2.17. The molecule has 0 bridgehead atoms. The van der Waals surface area contributed by atoms with Gasteiger partial charge in [0.05, 0.1) is 6.04 Å². The third kappa shape index (κ3) is 3.89. The van der Waals surface area contributed by atoms with Crippen molar-refractivity contribution in [2.75, 3.05) is 0 Å². The molecule has 0 saturated heterocycles. The highest BCUT2D eigenvalue weighted by molar-refractivity contribution is 9.10. The number of nitrogens with two attached hydrogens (primary N) is 1. The summed E-state index contributed by atoms with van der Waals surface area (Å²) in [5.41, 5.74) is 6.22. The summed E-state index contributed by atoms with van der Waals surface area (Å²) in [5, 5.41) is 0. The Bertz CT molecular complexity index is 408. The molecule has 94 valence electrons. The number of carbonyl (C=O) groups is 1. The van der Waals surface area contributed by atoms with E-state index < -0.39 is 6.04 Å². The maximum atomic E-state index is 13.5. The second-order valence-corrected chi connectivity index (χ2v) is 5.21. The standard InChI is InChI=1S/C13H17BrFNO/c1-3-8(2)13(16)12(17)7-9-6-10(14)4-5-11(9)15/h4-6,8,13H,3,7,16H2,1-2H3. The molecule has 0 heterocycles. The Morgan fingerprint density at radius 2 is 2.18 bits per heavy atom. The molecular weight excluding hydrogens is 285 g/mol. The number of halogens is 2. The van der Waals surface area contributed by atoms with Crippen LogP contribution in [0.15, 0.2) is 22.7 Å². The van der Waals surface area contributed by atoms with Crippen LogP contribution in [0.4, 0.5) is 4.39 Å². The van der Waals surface area contributed by atoms with Crippen LogP contribution in [-0.4, -0.2) is 11.8 Å². The third-order valence-electron chi connectivity index (χ3n) is 3.00. The van der Waals surface area contributed by atoms with Crippen molar-refractivity contribution in [3.8, 4) is 0 Å².